The number of nitrogens with one attached hydrogen (secondary N) is 1. The molecule has 2 rings (SSSR count). The second-order valence-corrected chi connectivity index (χ2v) is 6.64. The van der Waals surface area contributed by atoms with Crippen molar-refractivity contribution in [1.29, 1.82) is 0 Å². The highest BCUT2D eigenvalue weighted by Gasteiger charge is 2.28. The van der Waals surface area contributed by atoms with Gasteiger partial charge in [-0.3, -0.25) is 9.59 Å². The zero-order chi connectivity index (χ0) is 17.0. The largest absolute Gasteiger partial charge is 0.349 e. The van der Waals surface area contributed by atoms with Crippen LogP contribution >= 0.6 is 11.6 Å². The smallest absolute Gasteiger partial charge is 0.225 e. The predicted octanol–water partition coefficient (Wildman–Crippen LogP) is 2.07. The first-order chi connectivity index (χ1) is 10.9. The first-order valence-electron chi connectivity index (χ1n) is 7.87. The molecule has 0 bridgehead atoms. The topological polar surface area (TPSA) is 52.7 Å². The number of carbonyl (C=O) groups excluding carboxylic acids is 2. The molecule has 1 heterocycles. The average molecular weight is 338 g/mol. The normalized spacial score (nSPS) is 20.2. The molecule has 126 valence electrons. The zero-order valence-corrected chi connectivity index (χ0v) is 14.6. The number of likely N-dealkylation sites (N-methyl/N-ethyl adjacent to an activating group) is 1. The second-order valence-electron chi connectivity index (χ2n) is 6.21. The van der Waals surface area contributed by atoms with Gasteiger partial charge in [-0.2, -0.15) is 0 Å². The fourth-order valence-electron chi connectivity index (χ4n) is 2.99. The minimum absolute atomic E-state index is 0.0688. The van der Waals surface area contributed by atoms with Crippen LogP contribution in [0.3, 0.4) is 0 Å². The summed E-state index contributed by atoms with van der Waals surface area (Å²) in [6.07, 6.45) is 0.259. The lowest BCUT2D eigenvalue weighted by Gasteiger charge is -2.39. The van der Waals surface area contributed by atoms with E-state index in [0.29, 0.717) is 5.02 Å². The van der Waals surface area contributed by atoms with Crippen LogP contribution in [0, 0.1) is 0 Å². The predicted molar refractivity (Wildman–Crippen MR) is 91.3 cm³/mol. The van der Waals surface area contributed by atoms with Crippen LogP contribution in [0.15, 0.2) is 24.3 Å². The summed E-state index contributed by atoms with van der Waals surface area (Å²) in [6, 6.07) is 7.10. The van der Waals surface area contributed by atoms with E-state index in [0.717, 1.165) is 25.2 Å². The number of carbonyl (C=O) groups is 2. The van der Waals surface area contributed by atoms with Gasteiger partial charge in [0.05, 0.1) is 12.5 Å². The molecule has 1 N–H and O–H groups in total. The third-order valence-electron chi connectivity index (χ3n) is 4.18. The van der Waals surface area contributed by atoms with Crippen molar-refractivity contribution in [2.24, 2.45) is 0 Å². The summed E-state index contributed by atoms with van der Waals surface area (Å²) in [5.41, 5.74) is 0.889. The Morgan fingerprint density at radius 1 is 1.30 bits per heavy atom. The molecule has 5 nitrogen and oxygen atoms in total. The summed E-state index contributed by atoms with van der Waals surface area (Å²) in [4.78, 5) is 28.3. The van der Waals surface area contributed by atoms with Crippen molar-refractivity contribution in [2.75, 3.05) is 26.7 Å². The van der Waals surface area contributed by atoms with Crippen LogP contribution in [-0.2, 0) is 9.59 Å². The molecule has 1 aliphatic rings. The maximum atomic E-state index is 12.7. The summed E-state index contributed by atoms with van der Waals surface area (Å²) in [7, 11) is 2.06. The molecule has 6 heteroatoms. The van der Waals surface area contributed by atoms with Gasteiger partial charge in [0.1, 0.15) is 0 Å². The molecule has 1 fully saturated rings. The van der Waals surface area contributed by atoms with Crippen LogP contribution in [0.4, 0.5) is 0 Å². The molecule has 1 saturated heterocycles. The number of amides is 2. The lowest BCUT2D eigenvalue weighted by molar-refractivity contribution is -0.136. The van der Waals surface area contributed by atoms with E-state index in [1.807, 2.05) is 17.0 Å². The molecule has 1 aliphatic heterocycles. The quantitative estimate of drug-likeness (QED) is 0.915. The van der Waals surface area contributed by atoms with Gasteiger partial charge in [0.2, 0.25) is 11.8 Å². The molecule has 2 amide bonds. The molecule has 0 saturated carbocycles. The van der Waals surface area contributed by atoms with E-state index in [1.165, 1.54) is 6.92 Å². The Balaban J connectivity index is 2.09. The lowest BCUT2D eigenvalue weighted by Crippen LogP contribution is -2.53. The third-order valence-corrected chi connectivity index (χ3v) is 4.43. The molecule has 0 unspecified atom stereocenters. The first kappa shape index (κ1) is 17.8. The minimum atomic E-state index is -0.330. The van der Waals surface area contributed by atoms with E-state index < -0.39 is 0 Å². The monoisotopic (exact) mass is 337 g/mol. The number of halogens is 1. The van der Waals surface area contributed by atoms with Crippen LogP contribution in [-0.4, -0.2) is 54.3 Å². The van der Waals surface area contributed by atoms with E-state index >= 15 is 0 Å². The van der Waals surface area contributed by atoms with Gasteiger partial charge in [-0.05, 0) is 31.7 Å². The van der Waals surface area contributed by atoms with Crippen molar-refractivity contribution in [3.63, 3.8) is 0 Å². The number of piperazine rings is 1. The summed E-state index contributed by atoms with van der Waals surface area (Å²) in [5, 5.41) is 3.50. The molecule has 0 aromatic heterocycles. The van der Waals surface area contributed by atoms with Crippen LogP contribution in [0.2, 0.25) is 5.02 Å². The number of nitrogens with zero attached hydrogens (tertiary/aromatic N) is 2. The fraction of sp³-hybridized carbons (Fsp3) is 0.529. The number of hydrogen-bond acceptors (Lipinski definition) is 3. The number of hydrogen-bond donors (Lipinski definition) is 1. The van der Waals surface area contributed by atoms with Gasteiger partial charge in [-0.1, -0.05) is 23.7 Å². The standard InChI is InChI=1S/C17H24ClN3O2/c1-12-11-20(3)8-9-21(12)17(23)10-16(19-13(2)22)14-4-6-15(18)7-5-14/h4-7,12,16H,8-11H2,1-3H3,(H,19,22)/t12-,16-/m1/s1. The van der Waals surface area contributed by atoms with Gasteiger partial charge < -0.3 is 15.1 Å². The molecule has 0 spiro atoms. The third kappa shape index (κ3) is 4.94. The molecule has 1 aromatic carbocycles. The van der Waals surface area contributed by atoms with Gasteiger partial charge in [-0.15, -0.1) is 0 Å². The van der Waals surface area contributed by atoms with E-state index in [4.69, 9.17) is 11.6 Å². The van der Waals surface area contributed by atoms with Crippen molar-refractivity contribution in [3.05, 3.63) is 34.9 Å². The van der Waals surface area contributed by atoms with E-state index in [2.05, 4.69) is 24.2 Å². The summed E-state index contributed by atoms with van der Waals surface area (Å²) < 4.78 is 0. The molecule has 0 aliphatic carbocycles. The second kappa shape index (κ2) is 7.79. The van der Waals surface area contributed by atoms with Gasteiger partial charge in [0.15, 0.2) is 0 Å². The van der Waals surface area contributed by atoms with Crippen molar-refractivity contribution >= 4 is 23.4 Å². The fourth-order valence-corrected chi connectivity index (χ4v) is 3.12. The van der Waals surface area contributed by atoms with Gasteiger partial charge in [0, 0.05) is 37.6 Å². The summed E-state index contributed by atoms with van der Waals surface area (Å²) in [5.74, 6) is -0.0801. The maximum Gasteiger partial charge on any atom is 0.225 e. The lowest BCUT2D eigenvalue weighted by atomic mass is 10.0. The Bertz CT molecular complexity index is 561. The molecular formula is C17H24ClN3O2. The zero-order valence-electron chi connectivity index (χ0n) is 13.9. The summed E-state index contributed by atoms with van der Waals surface area (Å²) >= 11 is 5.92. The van der Waals surface area contributed by atoms with Crippen molar-refractivity contribution < 1.29 is 9.59 Å². The number of rotatable bonds is 4. The van der Waals surface area contributed by atoms with Crippen LogP contribution in [0.1, 0.15) is 31.9 Å². The van der Waals surface area contributed by atoms with E-state index in [1.54, 1.807) is 12.1 Å². The highest BCUT2D eigenvalue weighted by Crippen LogP contribution is 2.21. The Labute approximate surface area is 142 Å². The maximum absolute atomic E-state index is 12.7. The van der Waals surface area contributed by atoms with Gasteiger partial charge in [-0.25, -0.2) is 0 Å². The Kier molecular flexibility index (Phi) is 6.02. The average Bonchev–Trinajstić information content (AvgIpc) is 2.46. The van der Waals surface area contributed by atoms with Crippen LogP contribution in [0.25, 0.3) is 0 Å². The Morgan fingerprint density at radius 2 is 1.96 bits per heavy atom. The van der Waals surface area contributed by atoms with Crippen LogP contribution < -0.4 is 5.32 Å². The van der Waals surface area contributed by atoms with Crippen molar-refractivity contribution in [2.45, 2.75) is 32.4 Å². The molecule has 2 atom stereocenters. The highest BCUT2D eigenvalue weighted by molar-refractivity contribution is 6.30. The molecule has 1 aromatic rings. The van der Waals surface area contributed by atoms with E-state index in [-0.39, 0.29) is 30.3 Å². The van der Waals surface area contributed by atoms with Gasteiger partial charge in [0.25, 0.3) is 0 Å². The highest BCUT2D eigenvalue weighted by atomic mass is 35.5. The van der Waals surface area contributed by atoms with Gasteiger partial charge >= 0.3 is 0 Å². The van der Waals surface area contributed by atoms with Crippen LogP contribution in [0.5, 0.6) is 0 Å². The number of benzene rings is 1. The van der Waals surface area contributed by atoms with Crippen molar-refractivity contribution in [1.82, 2.24) is 15.1 Å². The SMILES string of the molecule is CC(=O)N[C@H](CC(=O)N1CCN(C)C[C@H]1C)c1ccc(Cl)cc1. The Hall–Kier alpha value is -1.59. The molecular weight excluding hydrogens is 314 g/mol. The molecule has 23 heavy (non-hydrogen) atoms. The minimum Gasteiger partial charge on any atom is -0.349 e. The van der Waals surface area contributed by atoms with E-state index in [9.17, 15) is 9.59 Å². The summed E-state index contributed by atoms with van der Waals surface area (Å²) in [6.45, 7) is 6.00. The molecule has 0 radical (unpaired) electrons. The Morgan fingerprint density at radius 3 is 2.52 bits per heavy atom. The van der Waals surface area contributed by atoms with Crippen molar-refractivity contribution in [3.8, 4) is 0 Å². The first-order valence-corrected chi connectivity index (χ1v) is 8.25.